The Kier molecular flexibility index (Phi) is 4.47. The molecule has 0 bridgehead atoms. The third-order valence-electron chi connectivity index (χ3n) is 4.28. The first kappa shape index (κ1) is 16.0. The average molecular weight is 321 g/mol. The number of benzene rings is 2. The van der Waals surface area contributed by atoms with E-state index in [-0.39, 0.29) is 12.3 Å². The van der Waals surface area contributed by atoms with Crippen molar-refractivity contribution in [2.24, 2.45) is 0 Å². The number of hydrogen-bond acceptors (Lipinski definition) is 2. The average Bonchev–Trinajstić information content (AvgIpc) is 2.87. The molecule has 1 aromatic heterocycles. The number of para-hydroxylation sites is 1. The first-order valence-corrected chi connectivity index (χ1v) is 8.00. The van der Waals surface area contributed by atoms with E-state index in [1.165, 1.54) is 0 Å². The molecule has 0 aliphatic carbocycles. The van der Waals surface area contributed by atoms with Crippen LogP contribution in [0.1, 0.15) is 34.5 Å². The molecule has 2 aromatic carbocycles. The maximum absolute atomic E-state index is 12.9. The molecule has 4 nitrogen and oxygen atoms in total. The van der Waals surface area contributed by atoms with Crippen LogP contribution in [0.2, 0.25) is 0 Å². The summed E-state index contributed by atoms with van der Waals surface area (Å²) in [4.78, 5) is 23.7. The molecule has 0 saturated carbocycles. The van der Waals surface area contributed by atoms with Crippen LogP contribution in [0.25, 0.3) is 10.9 Å². The molecule has 0 saturated heterocycles. The van der Waals surface area contributed by atoms with Gasteiger partial charge in [-0.3, -0.25) is 14.2 Å². The molecule has 0 atom stereocenters. The van der Waals surface area contributed by atoms with Crippen molar-refractivity contribution in [3.05, 3.63) is 71.4 Å². The van der Waals surface area contributed by atoms with E-state index in [0.717, 1.165) is 22.2 Å². The number of nitrogens with zero attached hydrogens (tertiary/aromatic N) is 1. The molecule has 0 aliphatic heterocycles. The summed E-state index contributed by atoms with van der Waals surface area (Å²) in [5.41, 5.74) is 3.44. The van der Waals surface area contributed by atoms with Gasteiger partial charge < -0.3 is 5.11 Å². The van der Waals surface area contributed by atoms with Crippen molar-refractivity contribution in [1.82, 2.24) is 4.57 Å². The molecule has 3 aromatic rings. The van der Waals surface area contributed by atoms with Gasteiger partial charge in [0.1, 0.15) is 0 Å². The minimum atomic E-state index is -0.795. The van der Waals surface area contributed by atoms with E-state index >= 15 is 0 Å². The summed E-state index contributed by atoms with van der Waals surface area (Å²) in [6, 6.07) is 17.0. The fourth-order valence-corrected chi connectivity index (χ4v) is 3.14. The van der Waals surface area contributed by atoms with E-state index in [9.17, 15) is 9.59 Å². The third-order valence-corrected chi connectivity index (χ3v) is 4.28. The highest BCUT2D eigenvalue weighted by Crippen LogP contribution is 2.28. The van der Waals surface area contributed by atoms with Crippen molar-refractivity contribution in [3.8, 4) is 0 Å². The zero-order valence-corrected chi connectivity index (χ0v) is 13.5. The van der Waals surface area contributed by atoms with Crippen molar-refractivity contribution in [2.75, 3.05) is 0 Å². The van der Waals surface area contributed by atoms with Gasteiger partial charge in [-0.2, -0.15) is 0 Å². The lowest BCUT2D eigenvalue weighted by Crippen LogP contribution is -2.13. The van der Waals surface area contributed by atoms with Crippen LogP contribution in [0.3, 0.4) is 0 Å². The van der Waals surface area contributed by atoms with Crippen LogP contribution in [0.15, 0.2) is 54.6 Å². The molecule has 0 fully saturated rings. The second-order valence-electron chi connectivity index (χ2n) is 5.83. The second kappa shape index (κ2) is 6.71. The van der Waals surface area contributed by atoms with Crippen molar-refractivity contribution < 1.29 is 14.7 Å². The van der Waals surface area contributed by atoms with Gasteiger partial charge in [0.2, 0.25) is 0 Å². The Morgan fingerprint density at radius 2 is 1.67 bits per heavy atom. The van der Waals surface area contributed by atoms with E-state index in [0.29, 0.717) is 18.4 Å². The van der Waals surface area contributed by atoms with Gasteiger partial charge >= 0.3 is 5.97 Å². The minimum absolute atomic E-state index is 0.0613. The van der Waals surface area contributed by atoms with Crippen LogP contribution in [-0.2, 0) is 11.2 Å². The van der Waals surface area contributed by atoms with E-state index in [2.05, 4.69) is 0 Å². The quantitative estimate of drug-likeness (QED) is 0.771. The van der Waals surface area contributed by atoms with E-state index in [1.54, 1.807) is 16.7 Å². The number of aliphatic carboxylic acids is 1. The Labute approximate surface area is 140 Å². The molecular formula is C20H19NO3. The van der Waals surface area contributed by atoms with Crippen LogP contribution in [-0.4, -0.2) is 21.6 Å². The zero-order chi connectivity index (χ0) is 17.1. The summed E-state index contributed by atoms with van der Waals surface area (Å²) in [5, 5.41) is 9.88. The smallest absolute Gasteiger partial charge is 0.303 e. The molecular weight excluding hydrogens is 302 g/mol. The number of carbonyl (C=O) groups is 2. The topological polar surface area (TPSA) is 59.3 Å². The molecule has 122 valence electrons. The Morgan fingerprint density at radius 3 is 2.38 bits per heavy atom. The fourth-order valence-electron chi connectivity index (χ4n) is 3.14. The Hall–Kier alpha value is -2.88. The van der Waals surface area contributed by atoms with Crippen LogP contribution in [0.4, 0.5) is 0 Å². The molecule has 0 radical (unpaired) electrons. The first-order chi connectivity index (χ1) is 11.6. The highest BCUT2D eigenvalue weighted by Gasteiger charge is 2.19. The molecule has 24 heavy (non-hydrogen) atoms. The third kappa shape index (κ3) is 2.95. The fraction of sp³-hybridized carbons (Fsp3) is 0.200. The van der Waals surface area contributed by atoms with Gasteiger partial charge in [0.15, 0.2) is 0 Å². The van der Waals surface area contributed by atoms with Crippen LogP contribution in [0.5, 0.6) is 0 Å². The van der Waals surface area contributed by atoms with Crippen molar-refractivity contribution in [2.45, 2.75) is 26.2 Å². The van der Waals surface area contributed by atoms with Gasteiger partial charge in [0.25, 0.3) is 5.91 Å². The lowest BCUT2D eigenvalue weighted by Gasteiger charge is -2.07. The van der Waals surface area contributed by atoms with Gasteiger partial charge in [-0.25, -0.2) is 0 Å². The normalized spacial score (nSPS) is 10.9. The number of hydrogen-bond donors (Lipinski definition) is 1. The first-order valence-electron chi connectivity index (χ1n) is 8.00. The van der Waals surface area contributed by atoms with E-state index in [1.807, 2.05) is 49.4 Å². The Morgan fingerprint density at radius 1 is 1.00 bits per heavy atom. The number of carboxylic acids is 1. The highest BCUT2D eigenvalue weighted by molar-refractivity contribution is 6.04. The number of carbonyl (C=O) groups excluding carboxylic acids is 1. The molecule has 1 heterocycles. The van der Waals surface area contributed by atoms with Crippen molar-refractivity contribution >= 4 is 22.8 Å². The summed E-state index contributed by atoms with van der Waals surface area (Å²) in [6.07, 6.45) is 1.34. The van der Waals surface area contributed by atoms with Gasteiger partial charge in [0.05, 0.1) is 5.52 Å². The van der Waals surface area contributed by atoms with Gasteiger partial charge in [0, 0.05) is 23.1 Å². The van der Waals surface area contributed by atoms with Crippen LogP contribution in [0, 0.1) is 6.92 Å². The van der Waals surface area contributed by atoms with E-state index in [4.69, 9.17) is 5.11 Å². The number of carboxylic acid groups (broad SMARTS) is 1. The molecule has 4 heteroatoms. The van der Waals surface area contributed by atoms with Crippen LogP contribution >= 0.6 is 0 Å². The highest BCUT2D eigenvalue weighted by atomic mass is 16.4. The maximum Gasteiger partial charge on any atom is 0.303 e. The van der Waals surface area contributed by atoms with Gasteiger partial charge in [-0.05, 0) is 43.5 Å². The minimum Gasteiger partial charge on any atom is -0.481 e. The second-order valence-corrected chi connectivity index (χ2v) is 5.83. The number of fused-ring (bicyclic) bond motifs is 1. The van der Waals surface area contributed by atoms with Crippen molar-refractivity contribution in [3.63, 3.8) is 0 Å². The summed E-state index contributed by atoms with van der Waals surface area (Å²) in [6.45, 7) is 1.93. The molecule has 0 unspecified atom stereocenters. The van der Waals surface area contributed by atoms with Crippen molar-refractivity contribution in [1.29, 1.82) is 0 Å². The summed E-state index contributed by atoms with van der Waals surface area (Å²) >= 11 is 0. The zero-order valence-electron chi connectivity index (χ0n) is 13.5. The predicted octanol–water partition coefficient (Wildman–Crippen LogP) is 4.05. The number of rotatable bonds is 5. The SMILES string of the molecule is Cc1c(CCCC(=O)O)c2ccccc2n1C(=O)c1ccccc1. The van der Waals surface area contributed by atoms with E-state index < -0.39 is 5.97 Å². The summed E-state index contributed by atoms with van der Waals surface area (Å²) in [5.74, 6) is -0.856. The van der Waals surface area contributed by atoms with Crippen LogP contribution < -0.4 is 0 Å². The Balaban J connectivity index is 2.06. The summed E-state index contributed by atoms with van der Waals surface area (Å²) in [7, 11) is 0. The predicted molar refractivity (Wildman–Crippen MR) is 93.4 cm³/mol. The molecule has 0 amide bonds. The number of aryl methyl sites for hydroxylation is 1. The molecule has 3 rings (SSSR count). The standard InChI is InChI=1S/C20H19NO3/c1-14-16(11-7-13-19(22)23)17-10-5-6-12-18(17)21(14)20(24)15-8-3-2-4-9-15/h2-6,8-10,12H,7,11,13H2,1H3,(H,22,23). The molecule has 0 spiro atoms. The Bertz CT molecular complexity index is 894. The lowest BCUT2D eigenvalue weighted by molar-refractivity contribution is -0.137. The van der Waals surface area contributed by atoms with Gasteiger partial charge in [-0.1, -0.05) is 36.4 Å². The molecule has 1 N–H and O–H groups in total. The number of aromatic nitrogens is 1. The largest absolute Gasteiger partial charge is 0.481 e. The maximum atomic E-state index is 12.9. The van der Waals surface area contributed by atoms with Gasteiger partial charge in [-0.15, -0.1) is 0 Å². The molecule has 0 aliphatic rings. The lowest BCUT2D eigenvalue weighted by atomic mass is 10.0. The monoisotopic (exact) mass is 321 g/mol. The summed E-state index contributed by atoms with van der Waals surface area (Å²) < 4.78 is 1.74.